The predicted molar refractivity (Wildman–Crippen MR) is 85.9 cm³/mol. The molecule has 1 aliphatic rings. The van der Waals surface area contributed by atoms with Crippen molar-refractivity contribution in [2.45, 2.75) is 25.6 Å². The minimum atomic E-state index is -4.57. The molecule has 0 unspecified atom stereocenters. The van der Waals surface area contributed by atoms with Crippen molar-refractivity contribution in [3.63, 3.8) is 0 Å². The van der Waals surface area contributed by atoms with E-state index in [0.717, 1.165) is 12.8 Å². The molecule has 25 heavy (non-hydrogen) atoms. The Labute approximate surface area is 142 Å². The van der Waals surface area contributed by atoms with Gasteiger partial charge in [0, 0.05) is 24.0 Å². The average molecular weight is 347 g/mol. The summed E-state index contributed by atoms with van der Waals surface area (Å²) < 4.78 is 39.9. The summed E-state index contributed by atoms with van der Waals surface area (Å²) in [5, 5.41) is 14.6. The number of halogens is 3. The summed E-state index contributed by atoms with van der Waals surface area (Å²) in [6, 6.07) is 8.34. The van der Waals surface area contributed by atoms with Crippen LogP contribution in [0.5, 0.6) is 0 Å². The van der Waals surface area contributed by atoms with Crippen molar-refractivity contribution in [1.29, 1.82) is 5.26 Å². The minimum absolute atomic E-state index is 0.0180. The van der Waals surface area contributed by atoms with Crippen LogP contribution in [0.25, 0.3) is 0 Å². The molecule has 1 aromatic heterocycles. The number of rotatable bonds is 6. The van der Waals surface area contributed by atoms with Gasteiger partial charge in [0.25, 0.3) is 0 Å². The molecule has 0 spiro atoms. The standard InChI is InChI=1S/C17H16F3N5/c18-17(19,20)15-13(9-22-8-11-4-5-11)10-23-16(25-15)24-14-3-1-2-12(6-14)7-21/h1-3,6,10-11,22H,4-5,8-9H2,(H,23,24,25). The van der Waals surface area contributed by atoms with Crippen molar-refractivity contribution < 1.29 is 13.2 Å². The molecule has 1 aromatic carbocycles. The normalized spacial score (nSPS) is 14.2. The Morgan fingerprint density at radius 3 is 2.76 bits per heavy atom. The van der Waals surface area contributed by atoms with Gasteiger partial charge in [-0.2, -0.15) is 18.4 Å². The fraction of sp³-hybridized carbons (Fsp3) is 0.353. The zero-order chi connectivity index (χ0) is 17.9. The van der Waals surface area contributed by atoms with Crippen LogP contribution in [0.4, 0.5) is 24.8 Å². The molecule has 3 rings (SSSR count). The second kappa shape index (κ2) is 7.07. The maximum atomic E-state index is 13.3. The third kappa shape index (κ3) is 4.67. The van der Waals surface area contributed by atoms with Crippen LogP contribution < -0.4 is 10.6 Å². The number of nitriles is 1. The summed E-state index contributed by atoms with van der Waals surface area (Å²) in [5.41, 5.74) is -0.0945. The molecule has 8 heteroatoms. The maximum absolute atomic E-state index is 13.3. The van der Waals surface area contributed by atoms with E-state index in [9.17, 15) is 13.2 Å². The first-order chi connectivity index (χ1) is 12.0. The van der Waals surface area contributed by atoms with Crippen LogP contribution in [0.2, 0.25) is 0 Å². The van der Waals surface area contributed by atoms with E-state index in [4.69, 9.17) is 5.26 Å². The first-order valence-electron chi connectivity index (χ1n) is 7.87. The molecule has 0 amide bonds. The highest BCUT2D eigenvalue weighted by Gasteiger charge is 2.36. The zero-order valence-corrected chi connectivity index (χ0v) is 13.3. The highest BCUT2D eigenvalue weighted by molar-refractivity contribution is 5.56. The van der Waals surface area contributed by atoms with E-state index < -0.39 is 11.9 Å². The monoisotopic (exact) mass is 347 g/mol. The summed E-state index contributed by atoms with van der Waals surface area (Å²) in [4.78, 5) is 7.61. The number of anilines is 2. The molecule has 1 aliphatic carbocycles. The van der Waals surface area contributed by atoms with Gasteiger partial charge in [-0.3, -0.25) is 0 Å². The van der Waals surface area contributed by atoms with Gasteiger partial charge in [0.15, 0.2) is 5.69 Å². The van der Waals surface area contributed by atoms with Crippen LogP contribution in [0.15, 0.2) is 30.5 Å². The summed E-state index contributed by atoms with van der Waals surface area (Å²) in [6.45, 7) is 0.786. The van der Waals surface area contributed by atoms with Crippen LogP contribution in [0.3, 0.4) is 0 Å². The number of hydrogen-bond donors (Lipinski definition) is 2. The molecule has 0 bridgehead atoms. The molecule has 5 nitrogen and oxygen atoms in total. The van der Waals surface area contributed by atoms with Gasteiger partial charge >= 0.3 is 6.18 Å². The van der Waals surface area contributed by atoms with E-state index >= 15 is 0 Å². The van der Waals surface area contributed by atoms with Gasteiger partial charge in [0.1, 0.15) is 0 Å². The second-order valence-electron chi connectivity index (χ2n) is 5.96. The Hall–Kier alpha value is -2.66. The van der Waals surface area contributed by atoms with E-state index in [1.807, 2.05) is 6.07 Å². The third-order valence-corrected chi connectivity index (χ3v) is 3.83. The Morgan fingerprint density at radius 1 is 1.28 bits per heavy atom. The number of benzene rings is 1. The summed E-state index contributed by atoms with van der Waals surface area (Å²) in [6.07, 6.45) is -1.13. The molecule has 1 saturated carbocycles. The Kier molecular flexibility index (Phi) is 4.86. The number of aromatic nitrogens is 2. The van der Waals surface area contributed by atoms with Gasteiger partial charge in [-0.15, -0.1) is 0 Å². The molecule has 2 aromatic rings. The van der Waals surface area contributed by atoms with Crippen molar-refractivity contribution in [3.8, 4) is 6.07 Å². The van der Waals surface area contributed by atoms with Crippen LogP contribution in [-0.2, 0) is 12.7 Å². The Morgan fingerprint density at radius 2 is 2.08 bits per heavy atom. The van der Waals surface area contributed by atoms with Crippen molar-refractivity contribution in [2.75, 3.05) is 11.9 Å². The summed E-state index contributed by atoms with van der Waals surface area (Å²) in [5.74, 6) is 0.414. The van der Waals surface area contributed by atoms with Crippen LogP contribution in [0.1, 0.15) is 29.7 Å². The van der Waals surface area contributed by atoms with Crippen molar-refractivity contribution in [1.82, 2.24) is 15.3 Å². The van der Waals surface area contributed by atoms with Gasteiger partial charge in [0.05, 0.1) is 11.6 Å². The SMILES string of the molecule is N#Cc1cccc(Nc2ncc(CNCC3CC3)c(C(F)(F)F)n2)c1. The second-order valence-corrected chi connectivity index (χ2v) is 5.96. The fourth-order valence-corrected chi connectivity index (χ4v) is 2.37. The molecule has 0 radical (unpaired) electrons. The lowest BCUT2D eigenvalue weighted by Crippen LogP contribution is -2.21. The lowest BCUT2D eigenvalue weighted by atomic mass is 10.2. The number of hydrogen-bond acceptors (Lipinski definition) is 5. The Bertz CT molecular complexity index is 794. The molecule has 130 valence electrons. The van der Waals surface area contributed by atoms with Gasteiger partial charge in [-0.25, -0.2) is 9.97 Å². The average Bonchev–Trinajstić information content (AvgIpc) is 3.39. The minimum Gasteiger partial charge on any atom is -0.324 e. The molecule has 0 aliphatic heterocycles. The fourth-order valence-electron chi connectivity index (χ4n) is 2.37. The van der Waals surface area contributed by atoms with E-state index in [1.54, 1.807) is 18.2 Å². The lowest BCUT2D eigenvalue weighted by molar-refractivity contribution is -0.141. The van der Waals surface area contributed by atoms with Crippen molar-refractivity contribution >= 4 is 11.6 Å². The quantitative estimate of drug-likeness (QED) is 0.835. The van der Waals surface area contributed by atoms with Crippen LogP contribution in [0, 0.1) is 17.2 Å². The molecule has 0 atom stereocenters. The van der Waals surface area contributed by atoms with Gasteiger partial charge in [-0.1, -0.05) is 6.07 Å². The van der Waals surface area contributed by atoms with E-state index in [2.05, 4.69) is 20.6 Å². The highest BCUT2D eigenvalue weighted by Crippen LogP contribution is 2.32. The highest BCUT2D eigenvalue weighted by atomic mass is 19.4. The number of nitrogens with one attached hydrogen (secondary N) is 2. The predicted octanol–water partition coefficient (Wildman–Crippen LogP) is 3.61. The topological polar surface area (TPSA) is 73.6 Å². The molecular weight excluding hydrogens is 331 g/mol. The smallest absolute Gasteiger partial charge is 0.324 e. The number of nitrogens with zero attached hydrogens (tertiary/aromatic N) is 3. The van der Waals surface area contributed by atoms with Crippen molar-refractivity contribution in [2.24, 2.45) is 5.92 Å². The summed E-state index contributed by atoms with van der Waals surface area (Å²) in [7, 11) is 0. The third-order valence-electron chi connectivity index (χ3n) is 3.83. The molecule has 0 saturated heterocycles. The van der Waals surface area contributed by atoms with E-state index in [0.29, 0.717) is 23.7 Å². The maximum Gasteiger partial charge on any atom is 0.433 e. The van der Waals surface area contributed by atoms with Gasteiger partial charge < -0.3 is 10.6 Å². The molecule has 1 heterocycles. The molecule has 2 N–H and O–H groups in total. The van der Waals surface area contributed by atoms with Gasteiger partial charge in [-0.05, 0) is 43.5 Å². The first-order valence-corrected chi connectivity index (χ1v) is 7.87. The van der Waals surface area contributed by atoms with Crippen LogP contribution in [-0.4, -0.2) is 16.5 Å². The lowest BCUT2D eigenvalue weighted by Gasteiger charge is -2.14. The first kappa shape index (κ1) is 17.2. The van der Waals surface area contributed by atoms with E-state index in [-0.39, 0.29) is 18.1 Å². The molecule has 1 fully saturated rings. The Balaban J connectivity index is 1.79. The largest absolute Gasteiger partial charge is 0.433 e. The van der Waals surface area contributed by atoms with Crippen LogP contribution >= 0.6 is 0 Å². The molecular formula is C17H16F3N5. The summed E-state index contributed by atoms with van der Waals surface area (Å²) >= 11 is 0. The van der Waals surface area contributed by atoms with Gasteiger partial charge in [0.2, 0.25) is 5.95 Å². The zero-order valence-electron chi connectivity index (χ0n) is 13.3. The van der Waals surface area contributed by atoms with Crippen molar-refractivity contribution in [3.05, 3.63) is 47.3 Å². The number of alkyl halides is 3. The van der Waals surface area contributed by atoms with E-state index in [1.165, 1.54) is 12.3 Å².